The molecule has 1 atom stereocenters. The molecule has 1 heterocycles. The summed E-state index contributed by atoms with van der Waals surface area (Å²) in [5.74, 6) is -0.670. The van der Waals surface area contributed by atoms with Crippen molar-refractivity contribution in [3.63, 3.8) is 0 Å². The number of methoxy groups -OCH3 is 1. The minimum absolute atomic E-state index is 0.291. The number of hydrogen-bond acceptors (Lipinski definition) is 4. The molecule has 1 aliphatic rings. The first-order chi connectivity index (χ1) is 14.4. The summed E-state index contributed by atoms with van der Waals surface area (Å²) in [7, 11) is 1.57. The van der Waals surface area contributed by atoms with Gasteiger partial charge in [-0.1, -0.05) is 48.0 Å². The third-order valence-corrected chi connectivity index (χ3v) is 5.19. The minimum atomic E-state index is -0.658. The lowest BCUT2D eigenvalue weighted by molar-refractivity contribution is -0.138. The van der Waals surface area contributed by atoms with E-state index in [4.69, 9.17) is 4.74 Å². The third-order valence-electron chi connectivity index (χ3n) is 5.19. The molecule has 1 fully saturated rings. The molecule has 2 aromatic rings. The van der Waals surface area contributed by atoms with E-state index in [9.17, 15) is 14.4 Å². The summed E-state index contributed by atoms with van der Waals surface area (Å²) in [6.45, 7) is 4.47. The molecule has 1 saturated heterocycles. The number of rotatable bonds is 8. The van der Waals surface area contributed by atoms with Crippen molar-refractivity contribution >= 4 is 23.5 Å². The number of nitrogens with zero attached hydrogens (tertiary/aromatic N) is 3. The zero-order valence-electron chi connectivity index (χ0n) is 17.6. The van der Waals surface area contributed by atoms with Gasteiger partial charge in [0.15, 0.2) is 0 Å². The normalized spacial score (nSPS) is 16.3. The summed E-state index contributed by atoms with van der Waals surface area (Å²) in [6.07, 6.45) is 0. The fraction of sp³-hybridized carbons (Fsp3) is 0.348. The molecule has 7 nitrogen and oxygen atoms in total. The number of carbonyl (C=O) groups excluding carboxylic acids is 3. The van der Waals surface area contributed by atoms with Crippen molar-refractivity contribution < 1.29 is 19.1 Å². The van der Waals surface area contributed by atoms with Crippen LogP contribution in [0, 0.1) is 6.92 Å². The summed E-state index contributed by atoms with van der Waals surface area (Å²) >= 11 is 0. The van der Waals surface area contributed by atoms with Crippen molar-refractivity contribution in [3.8, 4) is 0 Å². The van der Waals surface area contributed by atoms with Crippen LogP contribution in [0.1, 0.15) is 18.1 Å². The zero-order chi connectivity index (χ0) is 21.7. The first kappa shape index (κ1) is 21.5. The van der Waals surface area contributed by atoms with E-state index in [0.717, 1.165) is 16.0 Å². The molecule has 0 aromatic heterocycles. The van der Waals surface area contributed by atoms with Gasteiger partial charge in [-0.2, -0.15) is 0 Å². The predicted molar refractivity (Wildman–Crippen MR) is 114 cm³/mol. The van der Waals surface area contributed by atoms with E-state index in [0.29, 0.717) is 25.4 Å². The molecule has 0 radical (unpaired) electrons. The second-order valence-corrected chi connectivity index (χ2v) is 7.38. The standard InChI is InChI=1S/C23H27N3O4/c1-17-9-11-20(12-10-17)26-18(2)22(28)25(23(26)29)16-21(27)24(13-14-30-3)15-19-7-5-4-6-8-19/h4-12,18H,13-16H2,1-3H3/t18-/m1/s1. The number of anilines is 1. The SMILES string of the molecule is COCCN(Cc1ccccc1)C(=O)CN1C(=O)[C@@H](C)N(c2ccc(C)cc2)C1=O. The number of benzene rings is 2. The Bertz CT molecular complexity index is 898. The van der Waals surface area contributed by atoms with E-state index >= 15 is 0 Å². The monoisotopic (exact) mass is 409 g/mol. The van der Waals surface area contributed by atoms with Crippen molar-refractivity contribution in [2.24, 2.45) is 0 Å². The van der Waals surface area contributed by atoms with Crippen molar-refractivity contribution in [2.75, 3.05) is 31.7 Å². The lowest BCUT2D eigenvalue weighted by atomic mass is 10.2. The smallest absolute Gasteiger partial charge is 0.332 e. The van der Waals surface area contributed by atoms with Gasteiger partial charge in [0.05, 0.1) is 6.61 Å². The Balaban J connectivity index is 1.75. The minimum Gasteiger partial charge on any atom is -0.383 e. The van der Waals surface area contributed by atoms with E-state index < -0.39 is 12.1 Å². The molecular weight excluding hydrogens is 382 g/mol. The molecule has 2 aromatic carbocycles. The van der Waals surface area contributed by atoms with Gasteiger partial charge < -0.3 is 9.64 Å². The van der Waals surface area contributed by atoms with Crippen LogP contribution >= 0.6 is 0 Å². The molecule has 3 rings (SSSR count). The molecular formula is C23H27N3O4. The number of hydrogen-bond donors (Lipinski definition) is 0. The maximum absolute atomic E-state index is 13.0. The Morgan fingerprint density at radius 3 is 2.37 bits per heavy atom. The molecule has 0 spiro atoms. The third kappa shape index (κ3) is 4.68. The number of carbonyl (C=O) groups is 3. The largest absolute Gasteiger partial charge is 0.383 e. The Morgan fingerprint density at radius 2 is 1.73 bits per heavy atom. The van der Waals surface area contributed by atoms with Gasteiger partial charge in [-0.05, 0) is 31.5 Å². The number of aryl methyl sites for hydroxylation is 1. The Kier molecular flexibility index (Phi) is 6.84. The van der Waals surface area contributed by atoms with E-state index in [-0.39, 0.29) is 18.4 Å². The van der Waals surface area contributed by atoms with E-state index in [1.807, 2.05) is 61.5 Å². The summed E-state index contributed by atoms with van der Waals surface area (Å²) < 4.78 is 5.12. The van der Waals surface area contributed by atoms with Gasteiger partial charge in [0, 0.05) is 25.9 Å². The quantitative estimate of drug-likeness (QED) is 0.629. The van der Waals surface area contributed by atoms with Gasteiger partial charge >= 0.3 is 6.03 Å². The molecule has 0 saturated carbocycles. The average Bonchev–Trinajstić information content (AvgIpc) is 2.95. The van der Waals surface area contributed by atoms with Gasteiger partial charge in [-0.15, -0.1) is 0 Å². The highest BCUT2D eigenvalue weighted by atomic mass is 16.5. The van der Waals surface area contributed by atoms with Gasteiger partial charge in [-0.25, -0.2) is 4.79 Å². The van der Waals surface area contributed by atoms with Gasteiger partial charge in [0.25, 0.3) is 5.91 Å². The molecule has 0 aliphatic carbocycles. The first-order valence-electron chi connectivity index (χ1n) is 9.94. The number of imide groups is 1. The van der Waals surface area contributed by atoms with Crippen molar-refractivity contribution in [1.29, 1.82) is 0 Å². The van der Waals surface area contributed by atoms with Crippen LogP contribution in [-0.4, -0.2) is 60.5 Å². The van der Waals surface area contributed by atoms with E-state index in [1.54, 1.807) is 18.9 Å². The second kappa shape index (κ2) is 9.54. The summed E-state index contributed by atoms with van der Waals surface area (Å²) in [5.41, 5.74) is 2.67. The number of ether oxygens (including phenoxy) is 1. The Labute approximate surface area is 176 Å². The molecule has 4 amide bonds. The fourth-order valence-corrected chi connectivity index (χ4v) is 3.44. The van der Waals surface area contributed by atoms with Crippen LogP contribution in [0.5, 0.6) is 0 Å². The number of urea groups is 1. The van der Waals surface area contributed by atoms with Crippen molar-refractivity contribution in [2.45, 2.75) is 26.4 Å². The van der Waals surface area contributed by atoms with Crippen LogP contribution < -0.4 is 4.90 Å². The predicted octanol–water partition coefficient (Wildman–Crippen LogP) is 2.83. The molecule has 7 heteroatoms. The molecule has 0 N–H and O–H groups in total. The molecule has 0 bridgehead atoms. The van der Waals surface area contributed by atoms with Crippen LogP contribution in [0.2, 0.25) is 0 Å². The van der Waals surface area contributed by atoms with Crippen LogP contribution in [0.25, 0.3) is 0 Å². The topological polar surface area (TPSA) is 70.2 Å². The lowest BCUT2D eigenvalue weighted by Gasteiger charge is -2.25. The van der Waals surface area contributed by atoms with Gasteiger partial charge in [-0.3, -0.25) is 19.4 Å². The van der Waals surface area contributed by atoms with E-state index in [2.05, 4.69) is 0 Å². The fourth-order valence-electron chi connectivity index (χ4n) is 3.44. The van der Waals surface area contributed by atoms with Crippen LogP contribution in [-0.2, 0) is 20.9 Å². The molecule has 0 unspecified atom stereocenters. The van der Waals surface area contributed by atoms with Gasteiger partial charge in [0.2, 0.25) is 5.91 Å². The average molecular weight is 409 g/mol. The number of amides is 4. The highest BCUT2D eigenvalue weighted by Gasteiger charge is 2.44. The summed E-state index contributed by atoms with van der Waals surface area (Å²) in [6, 6.07) is 15.8. The van der Waals surface area contributed by atoms with Crippen molar-refractivity contribution in [3.05, 3.63) is 65.7 Å². The maximum atomic E-state index is 13.0. The van der Waals surface area contributed by atoms with Crippen LogP contribution in [0.4, 0.5) is 10.5 Å². The highest BCUT2D eigenvalue weighted by Crippen LogP contribution is 2.26. The lowest BCUT2D eigenvalue weighted by Crippen LogP contribution is -2.44. The van der Waals surface area contributed by atoms with Crippen molar-refractivity contribution in [1.82, 2.24) is 9.80 Å². The Morgan fingerprint density at radius 1 is 1.07 bits per heavy atom. The van der Waals surface area contributed by atoms with Gasteiger partial charge in [0.1, 0.15) is 12.6 Å². The summed E-state index contributed by atoms with van der Waals surface area (Å²) in [5, 5.41) is 0. The second-order valence-electron chi connectivity index (χ2n) is 7.38. The van der Waals surface area contributed by atoms with Crippen LogP contribution in [0.15, 0.2) is 54.6 Å². The maximum Gasteiger partial charge on any atom is 0.332 e. The first-order valence-corrected chi connectivity index (χ1v) is 9.94. The molecule has 30 heavy (non-hydrogen) atoms. The molecule has 1 aliphatic heterocycles. The zero-order valence-corrected chi connectivity index (χ0v) is 17.6. The Hall–Kier alpha value is -3.19. The highest BCUT2D eigenvalue weighted by molar-refractivity contribution is 6.15. The van der Waals surface area contributed by atoms with Crippen LogP contribution in [0.3, 0.4) is 0 Å². The summed E-state index contributed by atoms with van der Waals surface area (Å²) in [4.78, 5) is 42.8. The molecule has 158 valence electrons. The van der Waals surface area contributed by atoms with E-state index in [1.165, 1.54) is 4.90 Å².